The Labute approximate surface area is 158 Å². The summed E-state index contributed by atoms with van der Waals surface area (Å²) < 4.78 is 5.08. The number of hydrogen-bond donors (Lipinski definition) is 3. The molecular formula is C21H25NO5. The van der Waals surface area contributed by atoms with E-state index in [1.54, 1.807) is 24.3 Å². The first-order valence-corrected chi connectivity index (χ1v) is 8.84. The number of Topliss-reactive ketones (excluding diaryl/α,β-unsaturated/α-hetero) is 1. The van der Waals surface area contributed by atoms with E-state index >= 15 is 0 Å². The van der Waals surface area contributed by atoms with Crippen LogP contribution in [0.2, 0.25) is 0 Å². The zero-order valence-corrected chi connectivity index (χ0v) is 15.3. The first-order valence-electron chi connectivity index (χ1n) is 8.84. The van der Waals surface area contributed by atoms with E-state index in [4.69, 9.17) is 4.74 Å². The minimum Gasteiger partial charge on any atom is -0.445 e. The quantitative estimate of drug-likeness (QED) is 0.629. The number of benzene rings is 2. The van der Waals surface area contributed by atoms with E-state index in [-0.39, 0.29) is 31.8 Å². The second kappa shape index (κ2) is 10.4. The molecule has 2 unspecified atom stereocenters. The van der Waals surface area contributed by atoms with Crippen LogP contribution in [0.3, 0.4) is 0 Å². The molecule has 2 aromatic rings. The number of ketones is 1. The van der Waals surface area contributed by atoms with Gasteiger partial charge in [-0.15, -0.1) is 0 Å². The Balaban J connectivity index is 1.75. The number of rotatable bonds is 9. The fourth-order valence-electron chi connectivity index (χ4n) is 2.65. The summed E-state index contributed by atoms with van der Waals surface area (Å²) in [4.78, 5) is 22.9. The molecule has 0 aliphatic rings. The van der Waals surface area contributed by atoms with Gasteiger partial charge in [0.05, 0.1) is 6.10 Å². The Hall–Kier alpha value is -2.70. The summed E-state index contributed by atoms with van der Waals surface area (Å²) in [6.45, 7) is 1.83. The Morgan fingerprint density at radius 1 is 1.04 bits per heavy atom. The highest BCUT2D eigenvalue weighted by Gasteiger charge is 2.19. The summed E-state index contributed by atoms with van der Waals surface area (Å²) in [5, 5.41) is 23.0. The van der Waals surface area contributed by atoms with E-state index in [1.807, 2.05) is 30.3 Å². The lowest BCUT2D eigenvalue weighted by atomic mass is 9.98. The van der Waals surface area contributed by atoms with Crippen LogP contribution in [0.4, 0.5) is 4.79 Å². The normalized spacial score (nSPS) is 12.9. The lowest BCUT2D eigenvalue weighted by Gasteiger charge is -2.19. The Morgan fingerprint density at radius 3 is 2.44 bits per heavy atom. The van der Waals surface area contributed by atoms with E-state index in [1.165, 1.54) is 6.92 Å². The average Bonchev–Trinajstić information content (AvgIpc) is 2.66. The van der Waals surface area contributed by atoms with E-state index < -0.39 is 18.3 Å². The third-order valence-corrected chi connectivity index (χ3v) is 4.03. The molecule has 0 aromatic heterocycles. The predicted octanol–water partition coefficient (Wildman–Crippen LogP) is 2.53. The SMILES string of the molecule is CC(=O)Cc1cccc(C(O)C(O)CCNC(=O)OCc2ccccc2)c1. The van der Waals surface area contributed by atoms with Gasteiger partial charge in [0, 0.05) is 13.0 Å². The summed E-state index contributed by atoms with van der Waals surface area (Å²) in [5.74, 6) is 0.0282. The number of ether oxygens (including phenoxy) is 1. The summed E-state index contributed by atoms with van der Waals surface area (Å²) in [6.07, 6.45) is -2.28. The van der Waals surface area contributed by atoms with Crippen LogP contribution in [0, 0.1) is 0 Å². The molecule has 3 N–H and O–H groups in total. The monoisotopic (exact) mass is 371 g/mol. The molecule has 0 spiro atoms. The van der Waals surface area contributed by atoms with Crippen molar-refractivity contribution in [3.8, 4) is 0 Å². The van der Waals surface area contributed by atoms with Crippen LogP contribution in [-0.4, -0.2) is 34.7 Å². The molecule has 0 saturated heterocycles. The van der Waals surface area contributed by atoms with Crippen molar-refractivity contribution >= 4 is 11.9 Å². The molecule has 6 nitrogen and oxygen atoms in total. The van der Waals surface area contributed by atoms with Crippen molar-refractivity contribution in [1.82, 2.24) is 5.32 Å². The van der Waals surface area contributed by atoms with Crippen molar-refractivity contribution in [2.24, 2.45) is 0 Å². The molecule has 2 rings (SSSR count). The van der Waals surface area contributed by atoms with Crippen LogP contribution in [0.25, 0.3) is 0 Å². The van der Waals surface area contributed by atoms with Crippen molar-refractivity contribution in [3.63, 3.8) is 0 Å². The second-order valence-corrected chi connectivity index (χ2v) is 6.41. The van der Waals surface area contributed by atoms with Gasteiger partial charge in [0.2, 0.25) is 0 Å². The van der Waals surface area contributed by atoms with Crippen molar-refractivity contribution < 1.29 is 24.5 Å². The van der Waals surface area contributed by atoms with Gasteiger partial charge < -0.3 is 20.3 Å². The van der Waals surface area contributed by atoms with Crippen LogP contribution in [0.1, 0.15) is 36.1 Å². The minimum absolute atomic E-state index is 0.0282. The number of carbonyl (C=O) groups is 2. The van der Waals surface area contributed by atoms with E-state index in [0.29, 0.717) is 5.56 Å². The van der Waals surface area contributed by atoms with Gasteiger partial charge in [-0.2, -0.15) is 0 Å². The lowest BCUT2D eigenvalue weighted by Crippen LogP contribution is -2.29. The maximum Gasteiger partial charge on any atom is 0.407 e. The maximum atomic E-state index is 11.7. The molecule has 0 bridgehead atoms. The van der Waals surface area contributed by atoms with Crippen LogP contribution >= 0.6 is 0 Å². The minimum atomic E-state index is -1.10. The highest BCUT2D eigenvalue weighted by atomic mass is 16.5. The highest BCUT2D eigenvalue weighted by molar-refractivity contribution is 5.78. The number of aliphatic hydroxyl groups excluding tert-OH is 2. The van der Waals surface area contributed by atoms with Crippen LogP contribution in [0.5, 0.6) is 0 Å². The summed E-state index contributed by atoms with van der Waals surface area (Å²) >= 11 is 0. The molecule has 0 fully saturated rings. The smallest absolute Gasteiger partial charge is 0.407 e. The molecule has 0 heterocycles. The first-order chi connectivity index (χ1) is 13.0. The lowest BCUT2D eigenvalue weighted by molar-refractivity contribution is -0.116. The number of alkyl carbamates (subject to hydrolysis) is 1. The predicted molar refractivity (Wildman–Crippen MR) is 101 cm³/mol. The van der Waals surface area contributed by atoms with Gasteiger partial charge in [-0.05, 0) is 30.0 Å². The molecular weight excluding hydrogens is 346 g/mol. The number of carbonyl (C=O) groups excluding carboxylic acids is 2. The Bertz CT molecular complexity index is 747. The first kappa shape index (κ1) is 20.6. The van der Waals surface area contributed by atoms with Gasteiger partial charge in [-0.1, -0.05) is 54.6 Å². The number of hydrogen-bond acceptors (Lipinski definition) is 5. The molecule has 0 aliphatic heterocycles. The van der Waals surface area contributed by atoms with Crippen molar-refractivity contribution in [2.45, 2.75) is 38.6 Å². The summed E-state index contributed by atoms with van der Waals surface area (Å²) in [5.41, 5.74) is 2.20. The third kappa shape index (κ3) is 7.21. The molecule has 27 heavy (non-hydrogen) atoms. The molecule has 0 saturated carbocycles. The van der Waals surface area contributed by atoms with Gasteiger partial charge in [0.1, 0.15) is 18.5 Å². The van der Waals surface area contributed by atoms with Gasteiger partial charge in [0.25, 0.3) is 0 Å². The molecule has 144 valence electrons. The summed E-state index contributed by atoms with van der Waals surface area (Å²) in [7, 11) is 0. The van der Waals surface area contributed by atoms with Crippen molar-refractivity contribution in [2.75, 3.05) is 6.54 Å². The number of amides is 1. The molecule has 0 aliphatic carbocycles. The topological polar surface area (TPSA) is 95.9 Å². The van der Waals surface area contributed by atoms with E-state index in [2.05, 4.69) is 5.32 Å². The van der Waals surface area contributed by atoms with Gasteiger partial charge in [-0.25, -0.2) is 4.79 Å². The average molecular weight is 371 g/mol. The van der Waals surface area contributed by atoms with Crippen molar-refractivity contribution in [1.29, 1.82) is 0 Å². The largest absolute Gasteiger partial charge is 0.445 e. The van der Waals surface area contributed by atoms with Gasteiger partial charge >= 0.3 is 6.09 Å². The number of aliphatic hydroxyl groups is 2. The molecule has 1 amide bonds. The zero-order chi connectivity index (χ0) is 19.6. The number of nitrogens with one attached hydrogen (secondary N) is 1. The second-order valence-electron chi connectivity index (χ2n) is 6.41. The van der Waals surface area contributed by atoms with Gasteiger partial charge in [0.15, 0.2) is 0 Å². The maximum absolute atomic E-state index is 11.7. The molecule has 0 radical (unpaired) electrons. The van der Waals surface area contributed by atoms with Crippen LogP contribution in [0.15, 0.2) is 54.6 Å². The van der Waals surface area contributed by atoms with Gasteiger partial charge in [-0.3, -0.25) is 4.79 Å². The summed E-state index contributed by atoms with van der Waals surface area (Å²) in [6, 6.07) is 16.2. The molecule has 6 heteroatoms. The highest BCUT2D eigenvalue weighted by Crippen LogP contribution is 2.20. The van der Waals surface area contributed by atoms with E-state index in [9.17, 15) is 19.8 Å². The third-order valence-electron chi connectivity index (χ3n) is 4.03. The fraction of sp³-hybridized carbons (Fsp3) is 0.333. The Morgan fingerprint density at radius 2 is 1.74 bits per heavy atom. The zero-order valence-electron chi connectivity index (χ0n) is 15.3. The van der Waals surface area contributed by atoms with Crippen molar-refractivity contribution in [3.05, 3.63) is 71.3 Å². The van der Waals surface area contributed by atoms with Crippen LogP contribution in [-0.2, 0) is 22.6 Å². The fourth-order valence-corrected chi connectivity index (χ4v) is 2.65. The van der Waals surface area contributed by atoms with E-state index in [0.717, 1.165) is 11.1 Å². The standard InChI is InChI=1S/C21H25NO5/c1-15(23)12-17-8-5-9-18(13-17)20(25)19(24)10-11-22-21(26)27-14-16-6-3-2-4-7-16/h2-9,13,19-20,24-25H,10-12,14H2,1H3,(H,22,26). The Kier molecular flexibility index (Phi) is 7.98. The van der Waals surface area contributed by atoms with Crippen LogP contribution < -0.4 is 5.32 Å². The molecule has 2 atom stereocenters. The molecule has 2 aromatic carbocycles.